The molecule has 0 aromatic heterocycles. The van der Waals surface area contributed by atoms with Crippen molar-refractivity contribution in [1.29, 1.82) is 0 Å². The highest BCUT2D eigenvalue weighted by Crippen LogP contribution is 2.35. The van der Waals surface area contributed by atoms with Crippen LogP contribution < -0.4 is 0 Å². The molecule has 0 spiro atoms. The molecule has 2 aromatic carbocycles. The molecule has 0 unspecified atom stereocenters. The summed E-state index contributed by atoms with van der Waals surface area (Å²) in [5.41, 5.74) is 4.63. The van der Waals surface area contributed by atoms with Gasteiger partial charge >= 0.3 is 5.97 Å². The predicted octanol–water partition coefficient (Wildman–Crippen LogP) is 4.04. The number of methoxy groups -OCH3 is 1. The summed E-state index contributed by atoms with van der Waals surface area (Å²) in [4.78, 5) is 25.7. The van der Waals surface area contributed by atoms with Crippen molar-refractivity contribution in [3.63, 3.8) is 0 Å². The molecule has 0 fully saturated rings. The molecule has 0 saturated heterocycles. The average molecular weight is 359 g/mol. The number of rotatable bonds is 4. The maximum absolute atomic E-state index is 12.1. The zero-order valence-corrected chi connectivity index (χ0v) is 15.6. The number of hydrogen-bond acceptors (Lipinski definition) is 4. The molecule has 0 radical (unpaired) electrons. The molecule has 0 saturated carbocycles. The lowest BCUT2D eigenvalue weighted by atomic mass is 9.93. The van der Waals surface area contributed by atoms with Crippen LogP contribution in [0.1, 0.15) is 28.3 Å². The number of carbonyl (C=O) groups is 1. The number of ether oxygens (including phenoxy) is 1. The van der Waals surface area contributed by atoms with Crippen LogP contribution in [0.15, 0.2) is 78.2 Å². The van der Waals surface area contributed by atoms with Crippen LogP contribution in [0.2, 0.25) is 0 Å². The summed E-state index contributed by atoms with van der Waals surface area (Å²) < 4.78 is 4.83. The van der Waals surface area contributed by atoms with Gasteiger partial charge in [0.15, 0.2) is 5.94 Å². The van der Waals surface area contributed by atoms with E-state index in [0.717, 1.165) is 22.3 Å². The number of carbonyl (C=O) groups excluding carboxylic acids is 2. The van der Waals surface area contributed by atoms with Crippen molar-refractivity contribution in [2.24, 2.45) is 0 Å². The van der Waals surface area contributed by atoms with E-state index in [4.69, 9.17) is 4.74 Å². The Kier molecular flexibility index (Phi) is 5.39. The molecule has 1 heterocycles. The summed E-state index contributed by atoms with van der Waals surface area (Å²) in [7, 11) is 1.30. The Morgan fingerprint density at radius 1 is 1.04 bits per heavy atom. The Labute approximate surface area is 159 Å². The molecular formula is C23H21NO3. The highest BCUT2D eigenvalue weighted by molar-refractivity contribution is 5.97. The summed E-state index contributed by atoms with van der Waals surface area (Å²) in [5.74, 6) is 1.38. The smallest absolute Gasteiger partial charge is 0.340 e. The average Bonchev–Trinajstić information content (AvgIpc) is 2.67. The Bertz CT molecular complexity index is 935. The zero-order valence-electron chi connectivity index (χ0n) is 15.6. The molecule has 0 aliphatic carbocycles. The minimum Gasteiger partial charge on any atom is -0.465 e. The van der Waals surface area contributed by atoms with Crippen LogP contribution in [0.25, 0.3) is 0 Å². The summed E-state index contributed by atoms with van der Waals surface area (Å²) in [6.45, 7) is 4.05. The third-order valence-corrected chi connectivity index (χ3v) is 4.52. The monoisotopic (exact) mass is 359 g/mol. The predicted molar refractivity (Wildman–Crippen MR) is 104 cm³/mol. The van der Waals surface area contributed by atoms with Crippen LogP contribution in [0, 0.1) is 13.8 Å². The first-order chi connectivity index (χ1) is 13.0. The largest absolute Gasteiger partial charge is 0.465 e. The topological polar surface area (TPSA) is 46.6 Å². The minimum absolute atomic E-state index is 0.164. The van der Waals surface area contributed by atoms with Crippen molar-refractivity contribution in [3.8, 4) is 0 Å². The van der Waals surface area contributed by atoms with Crippen molar-refractivity contribution < 1.29 is 14.3 Å². The fourth-order valence-corrected chi connectivity index (χ4v) is 3.32. The first-order valence-corrected chi connectivity index (χ1v) is 8.69. The van der Waals surface area contributed by atoms with Gasteiger partial charge in [0.1, 0.15) is 5.70 Å². The standard InChI is InChI=1S/C23H21NO3/c1-16-7-4-9-18(13-16)22(19-10-5-8-17(2)14-19)24-12-6-11-20(21(24)15-25)23(26)27-3/h4-14,22H,1-3H3. The second kappa shape index (κ2) is 7.90. The van der Waals surface area contributed by atoms with Gasteiger partial charge in [0.25, 0.3) is 0 Å². The van der Waals surface area contributed by atoms with E-state index in [0.29, 0.717) is 0 Å². The maximum atomic E-state index is 12.1. The Morgan fingerprint density at radius 2 is 1.63 bits per heavy atom. The second-order valence-corrected chi connectivity index (χ2v) is 6.50. The Morgan fingerprint density at radius 3 is 2.11 bits per heavy atom. The third-order valence-electron chi connectivity index (χ3n) is 4.52. The molecule has 27 heavy (non-hydrogen) atoms. The van der Waals surface area contributed by atoms with Gasteiger partial charge in [0.2, 0.25) is 0 Å². The highest BCUT2D eigenvalue weighted by atomic mass is 16.5. The molecule has 0 N–H and O–H groups in total. The van der Waals surface area contributed by atoms with Gasteiger partial charge in [-0.2, -0.15) is 0 Å². The van der Waals surface area contributed by atoms with E-state index in [-0.39, 0.29) is 17.3 Å². The third kappa shape index (κ3) is 3.76. The molecule has 0 bridgehead atoms. The van der Waals surface area contributed by atoms with Crippen molar-refractivity contribution in [1.82, 2.24) is 4.90 Å². The van der Waals surface area contributed by atoms with Gasteiger partial charge < -0.3 is 9.64 Å². The van der Waals surface area contributed by atoms with Crippen LogP contribution in [0.4, 0.5) is 0 Å². The summed E-state index contributed by atoms with van der Waals surface area (Å²) in [6.07, 6.45) is 5.11. The molecule has 2 aromatic rings. The first-order valence-electron chi connectivity index (χ1n) is 8.69. The number of aryl methyl sites for hydroxylation is 2. The van der Waals surface area contributed by atoms with Gasteiger partial charge in [0.05, 0.1) is 18.7 Å². The van der Waals surface area contributed by atoms with Gasteiger partial charge in [-0.15, -0.1) is 0 Å². The Balaban J connectivity index is 2.16. The molecule has 4 heteroatoms. The van der Waals surface area contributed by atoms with Gasteiger partial charge in [-0.1, -0.05) is 59.7 Å². The van der Waals surface area contributed by atoms with Crippen molar-refractivity contribution in [3.05, 3.63) is 100 Å². The second-order valence-electron chi connectivity index (χ2n) is 6.50. The van der Waals surface area contributed by atoms with Crippen molar-refractivity contribution in [2.75, 3.05) is 7.11 Å². The fourth-order valence-electron chi connectivity index (χ4n) is 3.32. The summed E-state index contributed by atoms with van der Waals surface area (Å²) in [5, 5.41) is 0. The molecule has 0 amide bonds. The van der Waals surface area contributed by atoms with Gasteiger partial charge in [-0.05, 0) is 37.1 Å². The Hall–Kier alpha value is -3.36. The lowest BCUT2D eigenvalue weighted by molar-refractivity contribution is -0.136. The number of hydrogen-bond donors (Lipinski definition) is 0. The lowest BCUT2D eigenvalue weighted by Gasteiger charge is -2.33. The number of allylic oxidation sites excluding steroid dienone is 2. The van der Waals surface area contributed by atoms with Crippen LogP contribution in [0.5, 0.6) is 0 Å². The number of nitrogens with zero attached hydrogens (tertiary/aromatic N) is 1. The van der Waals surface area contributed by atoms with E-state index < -0.39 is 5.97 Å². The van der Waals surface area contributed by atoms with E-state index in [9.17, 15) is 9.59 Å². The minimum atomic E-state index is -0.560. The molecule has 0 atom stereocenters. The molecule has 136 valence electrons. The molecule has 1 aliphatic heterocycles. The highest BCUT2D eigenvalue weighted by Gasteiger charge is 2.30. The van der Waals surface area contributed by atoms with Gasteiger partial charge in [-0.25, -0.2) is 9.59 Å². The van der Waals surface area contributed by atoms with Crippen LogP contribution in [0.3, 0.4) is 0 Å². The van der Waals surface area contributed by atoms with E-state index in [1.165, 1.54) is 7.11 Å². The van der Waals surface area contributed by atoms with E-state index in [2.05, 4.69) is 12.1 Å². The lowest BCUT2D eigenvalue weighted by Crippen LogP contribution is -2.29. The van der Waals surface area contributed by atoms with E-state index in [1.54, 1.807) is 23.3 Å². The van der Waals surface area contributed by atoms with Crippen molar-refractivity contribution in [2.45, 2.75) is 19.9 Å². The maximum Gasteiger partial charge on any atom is 0.340 e. The number of benzene rings is 2. The zero-order chi connectivity index (χ0) is 19.4. The van der Waals surface area contributed by atoms with Gasteiger partial charge in [-0.3, -0.25) is 0 Å². The molecule has 3 rings (SSSR count). The van der Waals surface area contributed by atoms with Gasteiger partial charge in [0, 0.05) is 6.20 Å². The quantitative estimate of drug-likeness (QED) is 0.611. The molecule has 1 aliphatic rings. The molecule has 4 nitrogen and oxygen atoms in total. The fraction of sp³-hybridized carbons (Fsp3) is 0.174. The summed E-state index contributed by atoms with van der Waals surface area (Å²) >= 11 is 0. The first kappa shape index (κ1) is 18.4. The van der Waals surface area contributed by atoms with E-state index >= 15 is 0 Å². The van der Waals surface area contributed by atoms with Crippen LogP contribution >= 0.6 is 0 Å². The number of esters is 1. The normalized spacial score (nSPS) is 13.4. The van der Waals surface area contributed by atoms with Crippen LogP contribution in [-0.2, 0) is 14.3 Å². The van der Waals surface area contributed by atoms with E-state index in [1.807, 2.05) is 56.2 Å². The summed E-state index contributed by atoms with van der Waals surface area (Å²) in [6, 6.07) is 16.0. The SMILES string of the molecule is COC(=O)C1=CC=CN(C(c2cccc(C)c2)c2cccc(C)c2)C1=C=O. The molecular weight excluding hydrogens is 338 g/mol. The van der Waals surface area contributed by atoms with Crippen LogP contribution in [-0.4, -0.2) is 23.9 Å². The van der Waals surface area contributed by atoms with Crippen molar-refractivity contribution >= 4 is 11.9 Å².